The minimum atomic E-state index is -0.504. The van der Waals surface area contributed by atoms with Crippen LogP contribution in [-0.2, 0) is 0 Å². The van der Waals surface area contributed by atoms with Gasteiger partial charge in [-0.2, -0.15) is 0 Å². The van der Waals surface area contributed by atoms with Crippen molar-refractivity contribution in [2.75, 3.05) is 21.3 Å². The zero-order chi connectivity index (χ0) is 19.1. The molecular weight excluding hydrogens is 354 g/mol. The van der Waals surface area contributed by atoms with Crippen LogP contribution in [0.25, 0.3) is 0 Å². The summed E-state index contributed by atoms with van der Waals surface area (Å²) < 4.78 is 22.0. The molecule has 2 N–H and O–H groups in total. The predicted octanol–water partition coefficient (Wildman–Crippen LogP) is 1.51. The van der Waals surface area contributed by atoms with Crippen LogP contribution in [0.2, 0.25) is 0 Å². The molecule has 0 spiro atoms. The van der Waals surface area contributed by atoms with Crippen molar-refractivity contribution >= 4 is 0 Å². The molecule has 1 atom stereocenters. The van der Waals surface area contributed by atoms with E-state index in [9.17, 15) is 4.79 Å². The van der Waals surface area contributed by atoms with Gasteiger partial charge in [-0.25, -0.2) is 5.10 Å². The second-order valence-corrected chi connectivity index (χ2v) is 5.92. The van der Waals surface area contributed by atoms with Crippen LogP contribution < -0.4 is 24.5 Å². The van der Waals surface area contributed by atoms with Crippen LogP contribution in [0, 0.1) is 6.92 Å². The van der Waals surface area contributed by atoms with E-state index in [4.69, 9.17) is 18.9 Å². The summed E-state index contributed by atoms with van der Waals surface area (Å²) in [5.41, 5.74) is 2.17. The van der Waals surface area contributed by atoms with E-state index in [1.165, 1.54) is 21.3 Å². The number of H-pyrrole nitrogens is 2. The van der Waals surface area contributed by atoms with E-state index < -0.39 is 11.5 Å². The van der Waals surface area contributed by atoms with Crippen LogP contribution in [0.1, 0.15) is 28.3 Å². The van der Waals surface area contributed by atoms with Gasteiger partial charge in [-0.05, 0) is 24.6 Å². The molecule has 140 valence electrons. The third-order valence-corrected chi connectivity index (χ3v) is 4.52. The molecule has 0 aliphatic carbocycles. The highest BCUT2D eigenvalue weighted by molar-refractivity contribution is 5.60. The SMILES string of the molecule is COc1cc(C2c3c(n[nH]c3C)Oc3nn[nH]c(=O)c32)cc(OC)c1OC. The van der Waals surface area contributed by atoms with E-state index in [-0.39, 0.29) is 5.88 Å². The number of hydrogen-bond acceptors (Lipinski definition) is 8. The summed E-state index contributed by atoms with van der Waals surface area (Å²) in [5, 5.41) is 16.9. The Kier molecular flexibility index (Phi) is 3.94. The lowest BCUT2D eigenvalue weighted by Crippen LogP contribution is -2.25. The highest BCUT2D eigenvalue weighted by Crippen LogP contribution is 2.48. The van der Waals surface area contributed by atoms with Crippen molar-refractivity contribution in [3.63, 3.8) is 0 Å². The van der Waals surface area contributed by atoms with Gasteiger partial charge in [0.15, 0.2) is 11.5 Å². The predicted molar refractivity (Wildman–Crippen MR) is 93.1 cm³/mol. The maximum absolute atomic E-state index is 12.6. The third-order valence-electron chi connectivity index (χ3n) is 4.52. The van der Waals surface area contributed by atoms with Crippen molar-refractivity contribution in [2.24, 2.45) is 0 Å². The molecule has 0 amide bonds. The molecule has 2 aromatic heterocycles. The molecule has 1 unspecified atom stereocenters. The summed E-state index contributed by atoms with van der Waals surface area (Å²) in [6.45, 7) is 1.86. The molecule has 1 aliphatic heterocycles. The number of rotatable bonds is 4. The van der Waals surface area contributed by atoms with E-state index >= 15 is 0 Å². The lowest BCUT2D eigenvalue weighted by Gasteiger charge is -2.25. The fraction of sp³-hybridized carbons (Fsp3) is 0.294. The monoisotopic (exact) mass is 371 g/mol. The maximum Gasteiger partial charge on any atom is 0.275 e. The fourth-order valence-electron chi connectivity index (χ4n) is 3.33. The van der Waals surface area contributed by atoms with Crippen molar-refractivity contribution in [1.29, 1.82) is 0 Å². The second-order valence-electron chi connectivity index (χ2n) is 5.92. The van der Waals surface area contributed by atoms with Crippen LogP contribution in [0.15, 0.2) is 16.9 Å². The zero-order valence-corrected chi connectivity index (χ0v) is 15.1. The summed E-state index contributed by atoms with van der Waals surface area (Å²) in [5.74, 6) is 1.36. The quantitative estimate of drug-likeness (QED) is 0.553. The molecule has 1 aromatic carbocycles. The zero-order valence-electron chi connectivity index (χ0n) is 15.1. The summed E-state index contributed by atoms with van der Waals surface area (Å²) in [7, 11) is 4.60. The van der Waals surface area contributed by atoms with Crippen LogP contribution in [0.3, 0.4) is 0 Å². The van der Waals surface area contributed by atoms with Crippen LogP contribution in [0.4, 0.5) is 0 Å². The standard InChI is InChI=1S/C17H17N5O5/c1-7-11-12(8-5-9(24-2)14(26-4)10(6-8)25-3)13-15(23)19-22-21-17(13)27-16(11)20-18-7/h5-6,12H,1-4H3,(H,18,20)(H,19,21,23). The Balaban J connectivity index is 2.02. The second kappa shape index (κ2) is 6.31. The lowest BCUT2D eigenvalue weighted by atomic mass is 9.84. The van der Waals surface area contributed by atoms with Gasteiger partial charge in [0.1, 0.15) is 0 Å². The average Bonchev–Trinajstić information content (AvgIpc) is 3.06. The first kappa shape index (κ1) is 16.9. The summed E-state index contributed by atoms with van der Waals surface area (Å²) in [4.78, 5) is 12.6. The van der Waals surface area contributed by atoms with Crippen LogP contribution >= 0.6 is 0 Å². The number of ether oxygens (including phenoxy) is 4. The number of benzene rings is 1. The number of hydrogen-bond donors (Lipinski definition) is 2. The minimum Gasteiger partial charge on any atom is -0.493 e. The molecular formula is C17H17N5O5. The molecule has 10 heteroatoms. The van der Waals surface area contributed by atoms with Gasteiger partial charge in [0.2, 0.25) is 11.6 Å². The van der Waals surface area contributed by atoms with Crippen molar-refractivity contribution in [3.8, 4) is 29.0 Å². The van der Waals surface area contributed by atoms with Crippen LogP contribution in [0.5, 0.6) is 29.0 Å². The molecule has 0 radical (unpaired) electrons. The number of aromatic amines is 2. The van der Waals surface area contributed by atoms with Gasteiger partial charge in [-0.1, -0.05) is 10.3 Å². The Bertz CT molecular complexity index is 1050. The van der Waals surface area contributed by atoms with Gasteiger partial charge in [-0.3, -0.25) is 9.89 Å². The summed E-state index contributed by atoms with van der Waals surface area (Å²) >= 11 is 0. The van der Waals surface area contributed by atoms with Gasteiger partial charge < -0.3 is 18.9 Å². The van der Waals surface area contributed by atoms with E-state index in [2.05, 4.69) is 25.6 Å². The first-order valence-electron chi connectivity index (χ1n) is 8.06. The molecule has 0 saturated heterocycles. The Morgan fingerprint density at radius 1 is 1.00 bits per heavy atom. The normalized spacial score (nSPS) is 14.7. The molecule has 1 aliphatic rings. The molecule has 10 nitrogen and oxygen atoms in total. The molecule has 0 bridgehead atoms. The highest BCUT2D eigenvalue weighted by Gasteiger charge is 2.37. The van der Waals surface area contributed by atoms with E-state index in [1.807, 2.05) is 6.92 Å². The number of nitrogens with one attached hydrogen (secondary N) is 2. The average molecular weight is 371 g/mol. The summed E-state index contributed by atoms with van der Waals surface area (Å²) in [6, 6.07) is 3.58. The fourth-order valence-corrected chi connectivity index (χ4v) is 3.33. The largest absolute Gasteiger partial charge is 0.493 e. The first-order valence-corrected chi connectivity index (χ1v) is 8.06. The Labute approximate surface area is 153 Å². The van der Waals surface area contributed by atoms with Crippen molar-refractivity contribution in [2.45, 2.75) is 12.8 Å². The Morgan fingerprint density at radius 3 is 2.33 bits per heavy atom. The van der Waals surface area contributed by atoms with Gasteiger partial charge in [0, 0.05) is 11.3 Å². The van der Waals surface area contributed by atoms with E-state index in [0.717, 1.165) is 16.8 Å². The van der Waals surface area contributed by atoms with E-state index in [1.54, 1.807) is 12.1 Å². The maximum atomic E-state index is 12.6. The molecule has 0 fully saturated rings. The number of fused-ring (bicyclic) bond motifs is 2. The molecule has 4 rings (SSSR count). The highest BCUT2D eigenvalue weighted by atomic mass is 16.5. The number of nitrogens with zero attached hydrogens (tertiary/aromatic N) is 3. The minimum absolute atomic E-state index is 0.108. The van der Waals surface area contributed by atoms with Crippen molar-refractivity contribution in [3.05, 3.63) is 44.9 Å². The van der Waals surface area contributed by atoms with Crippen LogP contribution in [-0.4, -0.2) is 46.9 Å². The number of aryl methyl sites for hydroxylation is 1. The Hall–Kier alpha value is -3.56. The van der Waals surface area contributed by atoms with Crippen molar-refractivity contribution < 1.29 is 18.9 Å². The van der Waals surface area contributed by atoms with Gasteiger partial charge in [0.05, 0.1) is 32.8 Å². The van der Waals surface area contributed by atoms with Gasteiger partial charge >= 0.3 is 0 Å². The van der Waals surface area contributed by atoms with Gasteiger partial charge in [-0.15, -0.1) is 5.10 Å². The smallest absolute Gasteiger partial charge is 0.275 e. The molecule has 27 heavy (non-hydrogen) atoms. The molecule has 0 saturated carbocycles. The number of methoxy groups -OCH3 is 3. The lowest BCUT2D eigenvalue weighted by molar-refractivity contribution is 0.323. The topological polar surface area (TPSA) is 124 Å². The number of aromatic nitrogens is 5. The van der Waals surface area contributed by atoms with Gasteiger partial charge in [0.25, 0.3) is 11.4 Å². The summed E-state index contributed by atoms with van der Waals surface area (Å²) in [6.07, 6.45) is 0. The Morgan fingerprint density at radius 2 is 1.70 bits per heavy atom. The first-order chi connectivity index (χ1) is 13.1. The van der Waals surface area contributed by atoms with Crippen molar-refractivity contribution in [1.82, 2.24) is 25.6 Å². The third kappa shape index (κ3) is 2.48. The molecule has 3 aromatic rings. The molecule has 3 heterocycles. The van der Waals surface area contributed by atoms with E-state index in [0.29, 0.717) is 28.7 Å².